The Balaban J connectivity index is 4.22. The minimum absolute atomic E-state index is 0.0597. The number of hydrazine groups is 1. The van der Waals surface area contributed by atoms with Crippen LogP contribution in [0.3, 0.4) is 0 Å². The molecule has 106 valence electrons. The van der Waals surface area contributed by atoms with Crippen molar-refractivity contribution in [1.82, 2.24) is 10.7 Å². The summed E-state index contributed by atoms with van der Waals surface area (Å²) in [5.41, 5.74) is 7.71. The highest BCUT2D eigenvalue weighted by Gasteiger charge is 2.20. The Hall–Kier alpha value is -1.34. The van der Waals surface area contributed by atoms with Crippen LogP contribution in [0.2, 0.25) is 0 Å². The van der Waals surface area contributed by atoms with E-state index >= 15 is 0 Å². The maximum Gasteiger partial charge on any atom is 0.240 e. The molecular formula is C11H25N5O2. The molecule has 6 N–H and O–H groups in total. The van der Waals surface area contributed by atoms with Gasteiger partial charge >= 0.3 is 0 Å². The normalized spacial score (nSPS) is 13.5. The summed E-state index contributed by atoms with van der Waals surface area (Å²) < 4.78 is 5.19. The van der Waals surface area contributed by atoms with Crippen molar-refractivity contribution in [1.29, 1.82) is 0 Å². The van der Waals surface area contributed by atoms with Crippen LogP contribution in [0.4, 0.5) is 0 Å². The lowest BCUT2D eigenvalue weighted by Gasteiger charge is -2.20. The molecule has 0 spiro atoms. The first-order chi connectivity index (χ1) is 8.52. The van der Waals surface area contributed by atoms with Gasteiger partial charge in [-0.25, -0.2) is 5.84 Å². The first-order valence-electron chi connectivity index (χ1n) is 6.17. The average molecular weight is 259 g/mol. The fourth-order valence-electron chi connectivity index (χ4n) is 1.35. The number of nitrogens with one attached hydrogen (secondary N) is 2. The first kappa shape index (κ1) is 16.7. The van der Waals surface area contributed by atoms with E-state index in [0.717, 1.165) is 6.42 Å². The smallest absolute Gasteiger partial charge is 0.240 e. The maximum atomic E-state index is 11.2. The molecule has 1 unspecified atom stereocenters. The lowest BCUT2D eigenvalue weighted by atomic mass is 10.0. The maximum absolute atomic E-state index is 11.2. The summed E-state index contributed by atoms with van der Waals surface area (Å²) >= 11 is 0. The number of hydrogen-bond acceptors (Lipinski definition) is 4. The number of hydrogen-bond donors (Lipinski definition) is 4. The molecule has 0 aromatic carbocycles. The molecule has 0 aliphatic rings. The van der Waals surface area contributed by atoms with E-state index in [0.29, 0.717) is 25.7 Å². The molecule has 0 bridgehead atoms. The van der Waals surface area contributed by atoms with E-state index in [1.807, 2.05) is 20.8 Å². The number of carbonyl (C=O) groups is 1. The van der Waals surface area contributed by atoms with Gasteiger partial charge in [-0.1, -0.05) is 13.8 Å². The van der Waals surface area contributed by atoms with Gasteiger partial charge in [0.25, 0.3) is 0 Å². The van der Waals surface area contributed by atoms with Crippen molar-refractivity contribution < 1.29 is 9.53 Å². The number of carbonyl (C=O) groups excluding carboxylic acids is 1. The fraction of sp³-hybridized carbons (Fsp3) is 0.818. The number of rotatable bonds is 8. The van der Waals surface area contributed by atoms with Crippen molar-refractivity contribution in [2.24, 2.45) is 22.5 Å². The van der Waals surface area contributed by atoms with E-state index in [2.05, 4.69) is 15.7 Å². The van der Waals surface area contributed by atoms with Crippen LogP contribution in [0.1, 0.15) is 27.2 Å². The molecule has 0 aromatic rings. The summed E-state index contributed by atoms with van der Waals surface area (Å²) in [6.45, 7) is 7.65. The molecule has 0 heterocycles. The van der Waals surface area contributed by atoms with Gasteiger partial charge in [-0.2, -0.15) is 0 Å². The van der Waals surface area contributed by atoms with E-state index in [-0.39, 0.29) is 5.92 Å². The Morgan fingerprint density at radius 2 is 2.11 bits per heavy atom. The Bertz CT molecular complexity index is 268. The van der Waals surface area contributed by atoms with Crippen LogP contribution >= 0.6 is 0 Å². The Morgan fingerprint density at radius 1 is 1.44 bits per heavy atom. The number of guanidine groups is 1. The van der Waals surface area contributed by atoms with Crippen molar-refractivity contribution in [3.8, 4) is 0 Å². The Kier molecular flexibility index (Phi) is 8.95. The lowest BCUT2D eigenvalue weighted by Crippen LogP contribution is -2.53. The van der Waals surface area contributed by atoms with E-state index < -0.39 is 11.9 Å². The van der Waals surface area contributed by atoms with Crippen molar-refractivity contribution >= 4 is 11.9 Å². The van der Waals surface area contributed by atoms with Crippen LogP contribution in [-0.4, -0.2) is 37.7 Å². The van der Waals surface area contributed by atoms with Gasteiger partial charge in [0.2, 0.25) is 11.9 Å². The summed E-state index contributed by atoms with van der Waals surface area (Å²) in [5, 5.41) is 2.89. The zero-order chi connectivity index (χ0) is 14.0. The van der Waals surface area contributed by atoms with E-state index in [1.165, 1.54) is 0 Å². The number of nitrogens with zero attached hydrogens (tertiary/aromatic N) is 1. The van der Waals surface area contributed by atoms with Crippen LogP contribution < -0.4 is 22.3 Å². The molecule has 0 saturated heterocycles. The molecule has 0 saturated carbocycles. The Labute approximate surface area is 108 Å². The zero-order valence-electron chi connectivity index (χ0n) is 11.4. The Morgan fingerprint density at radius 3 is 2.56 bits per heavy atom. The van der Waals surface area contributed by atoms with Crippen LogP contribution in [0, 0.1) is 5.92 Å². The third-order valence-corrected chi connectivity index (χ3v) is 2.32. The topological polar surface area (TPSA) is 115 Å². The van der Waals surface area contributed by atoms with E-state index in [1.54, 1.807) is 0 Å². The predicted octanol–water partition coefficient (Wildman–Crippen LogP) is -0.668. The fourth-order valence-corrected chi connectivity index (χ4v) is 1.35. The molecule has 0 rings (SSSR count). The second kappa shape index (κ2) is 9.67. The number of amides is 1. The number of aliphatic imine (C=N–C) groups is 1. The molecule has 7 heteroatoms. The second-order valence-electron chi connectivity index (χ2n) is 4.19. The second-order valence-corrected chi connectivity index (χ2v) is 4.19. The van der Waals surface area contributed by atoms with Gasteiger partial charge in [0.05, 0.1) is 0 Å². The van der Waals surface area contributed by atoms with E-state index in [9.17, 15) is 4.79 Å². The van der Waals surface area contributed by atoms with Crippen molar-refractivity contribution in [3.05, 3.63) is 0 Å². The molecule has 0 fully saturated rings. The average Bonchev–Trinajstić information content (AvgIpc) is 2.31. The lowest BCUT2D eigenvalue weighted by molar-refractivity contribution is -0.120. The quantitative estimate of drug-likeness (QED) is 0.152. The summed E-state index contributed by atoms with van der Waals surface area (Å²) in [6.07, 6.45) is 0.795. The molecular weight excluding hydrogens is 234 g/mol. The highest BCUT2D eigenvalue weighted by molar-refractivity contribution is 5.88. The van der Waals surface area contributed by atoms with Gasteiger partial charge < -0.3 is 15.8 Å². The molecule has 7 nitrogen and oxygen atoms in total. The monoisotopic (exact) mass is 259 g/mol. The first-order valence-corrected chi connectivity index (χ1v) is 6.17. The van der Waals surface area contributed by atoms with Gasteiger partial charge in [0.15, 0.2) is 0 Å². The van der Waals surface area contributed by atoms with Crippen LogP contribution in [0.25, 0.3) is 0 Å². The largest absolute Gasteiger partial charge is 0.382 e. The molecule has 0 radical (unpaired) electrons. The van der Waals surface area contributed by atoms with Crippen LogP contribution in [-0.2, 0) is 9.53 Å². The van der Waals surface area contributed by atoms with Gasteiger partial charge in [-0.3, -0.25) is 15.2 Å². The molecule has 18 heavy (non-hydrogen) atoms. The third-order valence-electron chi connectivity index (χ3n) is 2.32. The van der Waals surface area contributed by atoms with Gasteiger partial charge in [0, 0.05) is 19.8 Å². The minimum atomic E-state index is -0.494. The van der Waals surface area contributed by atoms with Crippen molar-refractivity contribution in [3.63, 3.8) is 0 Å². The number of nitrogens with two attached hydrogens (primary N) is 2. The van der Waals surface area contributed by atoms with Gasteiger partial charge in [-0.05, 0) is 19.3 Å². The number of ether oxygens (including phenoxy) is 1. The van der Waals surface area contributed by atoms with E-state index in [4.69, 9.17) is 16.3 Å². The molecule has 0 aliphatic heterocycles. The summed E-state index contributed by atoms with van der Waals surface area (Å²) in [6, 6.07) is -0.494. The molecule has 0 aromatic heterocycles. The van der Waals surface area contributed by atoms with Gasteiger partial charge in [0.1, 0.15) is 6.04 Å². The molecule has 0 aliphatic carbocycles. The SMILES string of the molecule is CCOCCCN=C(NN)NC(C(N)=O)C(C)C. The van der Waals surface area contributed by atoms with Crippen molar-refractivity contribution in [2.45, 2.75) is 33.2 Å². The van der Waals surface area contributed by atoms with Crippen LogP contribution in [0.5, 0.6) is 0 Å². The zero-order valence-corrected chi connectivity index (χ0v) is 11.4. The summed E-state index contributed by atoms with van der Waals surface area (Å²) in [4.78, 5) is 15.4. The molecule has 1 amide bonds. The molecule has 1 atom stereocenters. The summed E-state index contributed by atoms with van der Waals surface area (Å²) in [7, 11) is 0. The third kappa shape index (κ3) is 7.08. The predicted molar refractivity (Wildman–Crippen MR) is 71.7 cm³/mol. The highest BCUT2D eigenvalue weighted by atomic mass is 16.5. The van der Waals surface area contributed by atoms with Crippen LogP contribution in [0.15, 0.2) is 4.99 Å². The number of primary amides is 1. The highest BCUT2D eigenvalue weighted by Crippen LogP contribution is 2.00. The van der Waals surface area contributed by atoms with Crippen molar-refractivity contribution in [2.75, 3.05) is 19.8 Å². The standard InChI is InChI=1S/C11H25N5O2/c1-4-18-7-5-6-14-11(16-13)15-9(8(2)3)10(12)17/h8-9H,4-7,13H2,1-3H3,(H2,12,17)(H2,14,15,16). The summed E-state index contributed by atoms with van der Waals surface area (Å²) in [5.74, 6) is 5.33. The minimum Gasteiger partial charge on any atom is -0.382 e. The van der Waals surface area contributed by atoms with Gasteiger partial charge in [-0.15, -0.1) is 0 Å².